The maximum Gasteiger partial charge on any atom is 0.416 e. The van der Waals surface area contributed by atoms with E-state index in [2.05, 4.69) is 9.97 Å². The summed E-state index contributed by atoms with van der Waals surface area (Å²) in [7, 11) is 0. The largest absolute Gasteiger partial charge is 0.465 e. The normalized spacial score (nSPS) is 13.4. The molecular formula is C34H38F6N2O5. The quantitative estimate of drug-likeness (QED) is 0.140. The predicted octanol–water partition coefficient (Wildman–Crippen LogP) is 9.73. The third kappa shape index (κ3) is 9.24. The number of aromatic nitrogens is 2. The molecular weight excluding hydrogens is 630 g/mol. The lowest BCUT2D eigenvalue weighted by atomic mass is 10.0. The van der Waals surface area contributed by atoms with Crippen LogP contribution in [0, 0.1) is 0 Å². The number of rotatable bonds is 9. The molecule has 0 amide bonds. The number of oxazole rings is 2. The minimum atomic E-state index is -4.40. The molecule has 4 rings (SSSR count). The van der Waals surface area contributed by atoms with E-state index < -0.39 is 35.4 Å². The first kappa shape index (κ1) is 37.3. The first-order valence-corrected chi connectivity index (χ1v) is 15.0. The monoisotopic (exact) mass is 668 g/mol. The van der Waals surface area contributed by atoms with Gasteiger partial charge >= 0.3 is 18.3 Å². The topological polar surface area (TPSA) is 98.6 Å². The van der Waals surface area contributed by atoms with Crippen LogP contribution in [0.15, 0.2) is 57.4 Å². The average molecular weight is 669 g/mol. The number of alkyl halides is 6. The van der Waals surface area contributed by atoms with Crippen LogP contribution < -0.4 is 0 Å². The van der Waals surface area contributed by atoms with Crippen LogP contribution in [0.4, 0.5) is 26.3 Å². The third-order valence-electron chi connectivity index (χ3n) is 7.13. The van der Waals surface area contributed by atoms with E-state index in [0.717, 1.165) is 30.0 Å². The number of aliphatic hydroxyl groups is 1. The lowest BCUT2D eigenvalue weighted by molar-refractivity contribution is -0.145. The number of carbonyl (C=O) groups is 1. The number of benzene rings is 2. The molecule has 0 saturated carbocycles. The molecule has 256 valence electrons. The molecule has 7 nitrogen and oxygen atoms in total. The smallest absolute Gasteiger partial charge is 0.416 e. The summed E-state index contributed by atoms with van der Waals surface area (Å²) in [6.07, 6.45) is -8.77. The summed E-state index contributed by atoms with van der Waals surface area (Å²) in [5.74, 6) is 0.197. The molecule has 0 fully saturated rings. The number of aliphatic hydroxyl groups excluding tert-OH is 1. The molecule has 0 spiro atoms. The number of carbonyl (C=O) groups excluding carboxylic acids is 1. The summed E-state index contributed by atoms with van der Waals surface area (Å²) in [4.78, 5) is 20.7. The highest BCUT2D eigenvalue weighted by Gasteiger charge is 2.32. The molecule has 0 aliphatic carbocycles. The number of ether oxygens (including phenoxy) is 1. The number of hydrogen-bond donors (Lipinski definition) is 1. The van der Waals surface area contributed by atoms with Gasteiger partial charge < -0.3 is 18.7 Å². The van der Waals surface area contributed by atoms with Crippen molar-refractivity contribution in [2.45, 2.75) is 84.5 Å². The average Bonchev–Trinajstić information content (AvgIpc) is 3.66. The van der Waals surface area contributed by atoms with Gasteiger partial charge in [-0.25, -0.2) is 9.97 Å². The van der Waals surface area contributed by atoms with E-state index in [1.165, 1.54) is 24.3 Å². The zero-order valence-corrected chi connectivity index (χ0v) is 27.1. The first-order valence-electron chi connectivity index (χ1n) is 15.0. The molecule has 4 aromatic rings. The zero-order valence-electron chi connectivity index (χ0n) is 27.1. The zero-order chi connectivity index (χ0) is 35.3. The van der Waals surface area contributed by atoms with E-state index in [-0.39, 0.29) is 42.7 Å². The van der Waals surface area contributed by atoms with E-state index in [4.69, 9.17) is 13.6 Å². The Hall–Kier alpha value is -4.13. The summed E-state index contributed by atoms with van der Waals surface area (Å²) >= 11 is 0. The first-order chi connectivity index (χ1) is 21.9. The van der Waals surface area contributed by atoms with Crippen LogP contribution in [-0.2, 0) is 21.9 Å². The maximum atomic E-state index is 12.7. The van der Waals surface area contributed by atoms with Gasteiger partial charge in [0.25, 0.3) is 0 Å². The molecule has 0 aliphatic rings. The highest BCUT2D eigenvalue weighted by atomic mass is 19.4. The Bertz CT molecular complexity index is 1600. The van der Waals surface area contributed by atoms with Crippen molar-refractivity contribution in [2.75, 3.05) is 13.2 Å². The second-order valence-electron chi connectivity index (χ2n) is 11.6. The third-order valence-corrected chi connectivity index (χ3v) is 7.13. The van der Waals surface area contributed by atoms with E-state index in [1.807, 2.05) is 34.6 Å². The summed E-state index contributed by atoms with van der Waals surface area (Å²) < 4.78 is 92.2. The van der Waals surface area contributed by atoms with Gasteiger partial charge in [0.15, 0.2) is 0 Å². The van der Waals surface area contributed by atoms with Gasteiger partial charge in [-0.1, -0.05) is 34.6 Å². The van der Waals surface area contributed by atoms with Crippen LogP contribution in [-0.4, -0.2) is 34.3 Å². The van der Waals surface area contributed by atoms with Crippen molar-refractivity contribution >= 4 is 5.97 Å². The van der Waals surface area contributed by atoms with Crippen molar-refractivity contribution < 1.29 is 49.8 Å². The second-order valence-corrected chi connectivity index (χ2v) is 11.6. The highest BCUT2D eigenvalue weighted by Crippen LogP contribution is 2.36. The number of halogens is 6. The van der Waals surface area contributed by atoms with Gasteiger partial charge in [-0.3, -0.25) is 4.79 Å². The molecule has 2 heterocycles. The Kier molecular flexibility index (Phi) is 12.1. The minimum absolute atomic E-state index is 0.0150. The SMILES string of the molecule is CC(C)c1nc(-c2ccc(C(F)(F)F)cc2)oc1C(C)CO.CCOC(=O)C(C)c1oc(-c2ccc(C(F)(F)F)cc2)nc1C(C)C. The van der Waals surface area contributed by atoms with E-state index in [1.54, 1.807) is 13.8 Å². The van der Waals surface area contributed by atoms with Gasteiger partial charge in [-0.05, 0) is 74.2 Å². The molecule has 47 heavy (non-hydrogen) atoms. The Morgan fingerprint density at radius 3 is 1.45 bits per heavy atom. The molecule has 2 unspecified atom stereocenters. The van der Waals surface area contributed by atoms with Crippen molar-refractivity contribution in [3.8, 4) is 22.9 Å². The lowest BCUT2D eigenvalue weighted by Gasteiger charge is -2.10. The van der Waals surface area contributed by atoms with Crippen LogP contribution in [0.3, 0.4) is 0 Å². The Morgan fingerprint density at radius 1 is 0.723 bits per heavy atom. The highest BCUT2D eigenvalue weighted by molar-refractivity contribution is 5.77. The summed E-state index contributed by atoms with van der Waals surface area (Å²) in [5, 5.41) is 9.29. The fourth-order valence-electron chi connectivity index (χ4n) is 4.49. The molecule has 0 aliphatic heterocycles. The number of hydrogen-bond acceptors (Lipinski definition) is 7. The van der Waals surface area contributed by atoms with Gasteiger partial charge in [0.2, 0.25) is 11.8 Å². The number of esters is 1. The fourth-order valence-corrected chi connectivity index (χ4v) is 4.49. The number of nitrogens with zero attached hydrogens (tertiary/aromatic N) is 2. The van der Waals surface area contributed by atoms with Crippen molar-refractivity contribution in [1.82, 2.24) is 9.97 Å². The molecule has 2 atom stereocenters. The summed E-state index contributed by atoms with van der Waals surface area (Å²) in [5.41, 5.74) is 0.748. The van der Waals surface area contributed by atoms with Crippen LogP contribution in [0.5, 0.6) is 0 Å². The van der Waals surface area contributed by atoms with Gasteiger partial charge in [-0.15, -0.1) is 0 Å². The standard InChI is InChI=1S/C18H20F3NO3.C16H18F3NO2/c1-5-24-17(23)11(4)15-14(10(2)3)22-16(25-15)12-6-8-13(9-7-12)18(19,20)21;1-9(2)13-14(10(3)8-21)22-15(20-13)11-4-6-12(7-5-11)16(17,18)19/h6-11H,5H2,1-4H3;4-7,9-10,21H,8H2,1-3H3. The molecule has 0 radical (unpaired) electrons. The van der Waals surface area contributed by atoms with Crippen LogP contribution in [0.25, 0.3) is 22.9 Å². The van der Waals surface area contributed by atoms with Crippen molar-refractivity contribution in [1.29, 1.82) is 0 Å². The van der Waals surface area contributed by atoms with Gasteiger partial charge in [0.05, 0.1) is 35.7 Å². The van der Waals surface area contributed by atoms with Crippen molar-refractivity contribution in [3.63, 3.8) is 0 Å². The molecule has 0 saturated heterocycles. The van der Waals surface area contributed by atoms with Crippen LogP contribution in [0.2, 0.25) is 0 Å². The molecule has 1 N–H and O–H groups in total. The summed E-state index contributed by atoms with van der Waals surface area (Å²) in [6, 6.07) is 9.24. The second kappa shape index (κ2) is 15.2. The molecule has 2 aromatic heterocycles. The van der Waals surface area contributed by atoms with Crippen LogP contribution in [0.1, 0.15) is 106 Å². The Labute approximate surface area is 269 Å². The lowest BCUT2D eigenvalue weighted by Crippen LogP contribution is -2.14. The van der Waals surface area contributed by atoms with E-state index in [9.17, 15) is 36.2 Å². The minimum Gasteiger partial charge on any atom is -0.465 e. The van der Waals surface area contributed by atoms with Crippen molar-refractivity contribution in [3.05, 3.63) is 82.6 Å². The summed E-state index contributed by atoms with van der Waals surface area (Å²) in [6.45, 7) is 13.0. The fraction of sp³-hybridized carbons (Fsp3) is 0.441. The maximum absolute atomic E-state index is 12.7. The van der Waals surface area contributed by atoms with Gasteiger partial charge in [0, 0.05) is 17.0 Å². The van der Waals surface area contributed by atoms with Gasteiger partial charge in [-0.2, -0.15) is 26.3 Å². The van der Waals surface area contributed by atoms with E-state index in [0.29, 0.717) is 28.3 Å². The van der Waals surface area contributed by atoms with E-state index >= 15 is 0 Å². The van der Waals surface area contributed by atoms with Gasteiger partial charge in [0.1, 0.15) is 17.4 Å². The molecule has 2 aromatic carbocycles. The predicted molar refractivity (Wildman–Crippen MR) is 163 cm³/mol. The van der Waals surface area contributed by atoms with Crippen molar-refractivity contribution in [2.24, 2.45) is 0 Å². The Morgan fingerprint density at radius 2 is 1.11 bits per heavy atom. The Balaban J connectivity index is 0.000000257. The van der Waals surface area contributed by atoms with Crippen LogP contribution >= 0.6 is 0 Å². The molecule has 0 bridgehead atoms. The molecule has 13 heteroatoms.